The molecule has 0 aromatic carbocycles. The van der Waals surface area contributed by atoms with Gasteiger partial charge in [0, 0.05) is 6.54 Å². The van der Waals surface area contributed by atoms with Crippen LogP contribution in [0.1, 0.15) is 37.7 Å². The van der Waals surface area contributed by atoms with Crippen LogP contribution in [0.4, 0.5) is 5.82 Å². The van der Waals surface area contributed by atoms with E-state index in [-0.39, 0.29) is 0 Å². The molecule has 1 saturated carbocycles. The van der Waals surface area contributed by atoms with Crippen LogP contribution in [0, 0.1) is 17.2 Å². The molecule has 2 N–H and O–H groups in total. The van der Waals surface area contributed by atoms with Crippen LogP contribution in [0.5, 0.6) is 0 Å². The molecular formula is C11H16N4. The minimum Gasteiger partial charge on any atom is -0.383 e. The molecule has 1 aromatic rings. The number of nitrogens with two attached hydrogens (primary N) is 1. The molecule has 0 spiro atoms. The van der Waals surface area contributed by atoms with E-state index in [1.54, 1.807) is 10.9 Å². The Morgan fingerprint density at radius 3 is 2.87 bits per heavy atom. The highest BCUT2D eigenvalue weighted by Crippen LogP contribution is 2.28. The number of rotatable bonds is 3. The van der Waals surface area contributed by atoms with E-state index in [4.69, 9.17) is 11.0 Å². The van der Waals surface area contributed by atoms with Gasteiger partial charge in [-0.25, -0.2) is 4.68 Å². The van der Waals surface area contributed by atoms with Gasteiger partial charge < -0.3 is 5.73 Å². The fraction of sp³-hybridized carbons (Fsp3) is 0.636. The minimum absolute atomic E-state index is 0.487. The molecule has 0 saturated heterocycles. The average molecular weight is 204 g/mol. The molecule has 1 aliphatic carbocycles. The summed E-state index contributed by atoms with van der Waals surface area (Å²) < 4.78 is 1.75. The molecule has 0 radical (unpaired) electrons. The van der Waals surface area contributed by atoms with Crippen molar-refractivity contribution in [1.29, 1.82) is 5.26 Å². The van der Waals surface area contributed by atoms with Gasteiger partial charge in [-0.05, 0) is 12.3 Å². The first-order valence-electron chi connectivity index (χ1n) is 5.52. The van der Waals surface area contributed by atoms with Gasteiger partial charge >= 0.3 is 0 Å². The summed E-state index contributed by atoms with van der Waals surface area (Å²) in [7, 11) is 0. The normalized spacial score (nSPS) is 16.7. The van der Waals surface area contributed by atoms with Gasteiger partial charge in [-0.3, -0.25) is 0 Å². The molecule has 15 heavy (non-hydrogen) atoms. The number of nitrogen functional groups attached to an aromatic ring is 1. The maximum atomic E-state index is 8.73. The number of anilines is 1. The summed E-state index contributed by atoms with van der Waals surface area (Å²) in [5, 5.41) is 12.8. The molecule has 0 bridgehead atoms. The number of nitriles is 1. The van der Waals surface area contributed by atoms with Gasteiger partial charge in [0.1, 0.15) is 17.5 Å². The predicted molar refractivity (Wildman–Crippen MR) is 57.9 cm³/mol. The molecule has 0 unspecified atom stereocenters. The van der Waals surface area contributed by atoms with Crippen molar-refractivity contribution < 1.29 is 0 Å². The highest BCUT2D eigenvalue weighted by atomic mass is 15.3. The van der Waals surface area contributed by atoms with Crippen molar-refractivity contribution in [2.24, 2.45) is 5.92 Å². The van der Waals surface area contributed by atoms with E-state index in [9.17, 15) is 0 Å². The number of nitrogens with zero attached hydrogens (tertiary/aromatic N) is 3. The molecule has 2 rings (SSSR count). The third-order valence-electron chi connectivity index (χ3n) is 3.22. The lowest BCUT2D eigenvalue weighted by Crippen LogP contribution is -2.08. The third-order valence-corrected chi connectivity index (χ3v) is 3.22. The summed E-state index contributed by atoms with van der Waals surface area (Å²) in [4.78, 5) is 0. The predicted octanol–water partition coefficient (Wildman–Crippen LogP) is 1.92. The minimum atomic E-state index is 0.487. The SMILES string of the molecule is N#Cc1cnn(CCC2CCCC2)c1N. The summed E-state index contributed by atoms with van der Waals surface area (Å²) in [6, 6.07) is 2.04. The lowest BCUT2D eigenvalue weighted by molar-refractivity contribution is 0.442. The molecule has 1 heterocycles. The standard InChI is InChI=1S/C11H16N4/c12-7-10-8-14-15(11(10)13)6-5-9-3-1-2-4-9/h8-9H,1-6,13H2. The Balaban J connectivity index is 1.93. The Morgan fingerprint density at radius 2 is 2.27 bits per heavy atom. The van der Waals surface area contributed by atoms with Crippen LogP contribution in [0.2, 0.25) is 0 Å². The maximum absolute atomic E-state index is 8.73. The fourth-order valence-corrected chi connectivity index (χ4v) is 2.26. The maximum Gasteiger partial charge on any atom is 0.139 e. The molecular weight excluding hydrogens is 188 g/mol. The Labute approximate surface area is 89.7 Å². The van der Waals surface area contributed by atoms with Crippen LogP contribution in [0.15, 0.2) is 6.20 Å². The van der Waals surface area contributed by atoms with E-state index in [2.05, 4.69) is 5.10 Å². The van der Waals surface area contributed by atoms with Crippen molar-refractivity contribution in [3.05, 3.63) is 11.8 Å². The van der Waals surface area contributed by atoms with Crippen LogP contribution in [-0.2, 0) is 6.54 Å². The van der Waals surface area contributed by atoms with Crippen molar-refractivity contribution >= 4 is 5.82 Å². The first-order valence-corrected chi connectivity index (χ1v) is 5.52. The molecule has 1 aromatic heterocycles. The molecule has 80 valence electrons. The first-order chi connectivity index (χ1) is 7.31. The Hall–Kier alpha value is -1.50. The summed E-state index contributed by atoms with van der Waals surface area (Å²) in [6.45, 7) is 0.845. The van der Waals surface area contributed by atoms with E-state index < -0.39 is 0 Å². The summed E-state index contributed by atoms with van der Waals surface area (Å²) in [6.07, 6.45) is 8.09. The highest BCUT2D eigenvalue weighted by molar-refractivity contribution is 5.47. The first kappa shape index (κ1) is 10.0. The Kier molecular flexibility index (Phi) is 2.91. The number of aromatic nitrogens is 2. The van der Waals surface area contributed by atoms with E-state index in [0.717, 1.165) is 18.9 Å². The van der Waals surface area contributed by atoms with E-state index in [1.165, 1.54) is 25.7 Å². The lowest BCUT2D eigenvalue weighted by Gasteiger charge is -2.09. The number of hydrogen-bond donors (Lipinski definition) is 1. The van der Waals surface area contributed by atoms with Crippen LogP contribution in [0.3, 0.4) is 0 Å². The Morgan fingerprint density at radius 1 is 1.53 bits per heavy atom. The van der Waals surface area contributed by atoms with Crippen molar-refractivity contribution in [3.8, 4) is 6.07 Å². The van der Waals surface area contributed by atoms with Gasteiger partial charge in [0.15, 0.2) is 0 Å². The second-order valence-corrected chi connectivity index (χ2v) is 4.22. The zero-order chi connectivity index (χ0) is 10.7. The molecule has 1 fully saturated rings. The van der Waals surface area contributed by atoms with Gasteiger partial charge in [0.2, 0.25) is 0 Å². The molecule has 4 heteroatoms. The average Bonchev–Trinajstić information content (AvgIpc) is 2.85. The van der Waals surface area contributed by atoms with Crippen LogP contribution >= 0.6 is 0 Å². The van der Waals surface area contributed by atoms with E-state index in [1.807, 2.05) is 6.07 Å². The molecule has 4 nitrogen and oxygen atoms in total. The monoisotopic (exact) mass is 204 g/mol. The summed E-state index contributed by atoms with van der Waals surface area (Å²) in [5.74, 6) is 1.34. The molecule has 0 aliphatic heterocycles. The van der Waals surface area contributed by atoms with Crippen molar-refractivity contribution in [1.82, 2.24) is 9.78 Å². The van der Waals surface area contributed by atoms with Gasteiger partial charge in [0.05, 0.1) is 6.20 Å². The van der Waals surface area contributed by atoms with Gasteiger partial charge in [0.25, 0.3) is 0 Å². The van der Waals surface area contributed by atoms with Gasteiger partial charge in [-0.1, -0.05) is 25.7 Å². The van der Waals surface area contributed by atoms with Crippen LogP contribution in [-0.4, -0.2) is 9.78 Å². The van der Waals surface area contributed by atoms with Crippen LogP contribution in [0.25, 0.3) is 0 Å². The second-order valence-electron chi connectivity index (χ2n) is 4.22. The van der Waals surface area contributed by atoms with E-state index in [0.29, 0.717) is 11.4 Å². The van der Waals surface area contributed by atoms with Crippen LogP contribution < -0.4 is 5.73 Å². The molecule has 0 amide bonds. The number of hydrogen-bond acceptors (Lipinski definition) is 3. The second kappa shape index (κ2) is 4.35. The highest BCUT2D eigenvalue weighted by Gasteiger charge is 2.15. The third kappa shape index (κ3) is 2.12. The molecule has 0 atom stereocenters. The molecule has 1 aliphatic rings. The zero-order valence-corrected chi connectivity index (χ0v) is 8.82. The van der Waals surface area contributed by atoms with Crippen molar-refractivity contribution in [3.63, 3.8) is 0 Å². The lowest BCUT2D eigenvalue weighted by atomic mass is 10.0. The summed E-state index contributed by atoms with van der Waals surface area (Å²) >= 11 is 0. The van der Waals surface area contributed by atoms with E-state index >= 15 is 0 Å². The Bertz CT molecular complexity index is 368. The summed E-state index contributed by atoms with van der Waals surface area (Å²) in [5.41, 5.74) is 6.26. The van der Waals surface area contributed by atoms with Gasteiger partial charge in [-0.2, -0.15) is 10.4 Å². The fourth-order valence-electron chi connectivity index (χ4n) is 2.26. The zero-order valence-electron chi connectivity index (χ0n) is 8.82. The van der Waals surface area contributed by atoms with Crippen molar-refractivity contribution in [2.45, 2.75) is 38.6 Å². The quantitative estimate of drug-likeness (QED) is 0.817. The topological polar surface area (TPSA) is 67.6 Å². The smallest absolute Gasteiger partial charge is 0.139 e. The van der Waals surface area contributed by atoms with Gasteiger partial charge in [-0.15, -0.1) is 0 Å². The largest absolute Gasteiger partial charge is 0.383 e. The van der Waals surface area contributed by atoms with Crippen molar-refractivity contribution in [2.75, 3.05) is 5.73 Å². The number of aryl methyl sites for hydroxylation is 1.